The van der Waals surface area contributed by atoms with Crippen LogP contribution < -0.4 is 10.6 Å². The zero-order valence-corrected chi connectivity index (χ0v) is 10.4. The van der Waals surface area contributed by atoms with Crippen molar-refractivity contribution >= 4 is 17.7 Å². The van der Waals surface area contributed by atoms with Gasteiger partial charge in [0.15, 0.2) is 6.10 Å². The molecule has 0 bridgehead atoms. The number of urea groups is 1. The summed E-state index contributed by atoms with van der Waals surface area (Å²) in [5, 5.41) is 22.2. The topological polar surface area (TPSA) is 108 Å². The number of hydrogen-bond donors (Lipinski definition) is 4. The third-order valence-electron chi connectivity index (χ3n) is 2.26. The van der Waals surface area contributed by atoms with Crippen LogP contribution in [-0.2, 0) is 16.1 Å². The highest BCUT2D eigenvalue weighted by molar-refractivity contribution is 5.89. The maximum absolute atomic E-state index is 11.4. The maximum atomic E-state index is 11.4. The summed E-state index contributed by atoms with van der Waals surface area (Å²) in [6.07, 6.45) is -1.62. The first-order valence-electron chi connectivity index (χ1n) is 5.56. The highest BCUT2D eigenvalue weighted by Gasteiger charge is 2.13. The minimum Gasteiger partial charge on any atom is -0.479 e. The van der Waals surface area contributed by atoms with Crippen molar-refractivity contribution in [3.05, 3.63) is 29.8 Å². The quantitative estimate of drug-likeness (QED) is 0.597. The molecule has 19 heavy (non-hydrogen) atoms. The monoisotopic (exact) mass is 268 g/mol. The number of aliphatic hydroxyl groups excluding tert-OH is 1. The van der Waals surface area contributed by atoms with Gasteiger partial charge in [-0.15, -0.1) is 0 Å². The largest absolute Gasteiger partial charge is 0.479 e. The minimum absolute atomic E-state index is 0.358. The molecule has 7 heteroatoms. The van der Waals surface area contributed by atoms with E-state index in [1.54, 1.807) is 31.4 Å². The molecule has 0 aliphatic heterocycles. The summed E-state index contributed by atoms with van der Waals surface area (Å²) in [7, 11) is 1.59. The second-order valence-corrected chi connectivity index (χ2v) is 3.82. The molecule has 0 aliphatic carbocycles. The fourth-order valence-corrected chi connectivity index (χ4v) is 1.30. The Hall–Kier alpha value is -2.12. The van der Waals surface area contributed by atoms with Gasteiger partial charge in [-0.25, -0.2) is 9.59 Å². The fraction of sp³-hybridized carbons (Fsp3) is 0.333. The summed E-state index contributed by atoms with van der Waals surface area (Å²) < 4.78 is 4.95. The lowest BCUT2D eigenvalue weighted by molar-refractivity contribution is -0.146. The van der Waals surface area contributed by atoms with E-state index in [9.17, 15) is 9.59 Å². The first-order chi connectivity index (χ1) is 9.02. The van der Waals surface area contributed by atoms with Crippen LogP contribution in [0.25, 0.3) is 0 Å². The van der Waals surface area contributed by atoms with Gasteiger partial charge in [0, 0.05) is 12.8 Å². The van der Waals surface area contributed by atoms with Crippen LogP contribution in [0.4, 0.5) is 10.5 Å². The number of rotatable bonds is 6. The van der Waals surface area contributed by atoms with E-state index >= 15 is 0 Å². The van der Waals surface area contributed by atoms with E-state index in [-0.39, 0.29) is 6.54 Å². The van der Waals surface area contributed by atoms with Gasteiger partial charge in [-0.05, 0) is 17.7 Å². The summed E-state index contributed by atoms with van der Waals surface area (Å²) in [6.45, 7) is 0.125. The van der Waals surface area contributed by atoms with E-state index < -0.39 is 18.1 Å². The molecule has 0 aliphatic rings. The van der Waals surface area contributed by atoms with Crippen molar-refractivity contribution in [3.63, 3.8) is 0 Å². The second kappa shape index (κ2) is 7.34. The van der Waals surface area contributed by atoms with Crippen LogP contribution in [0.15, 0.2) is 24.3 Å². The molecule has 1 atom stereocenters. The lowest BCUT2D eigenvalue weighted by Gasteiger charge is -2.09. The Labute approximate surface area is 110 Å². The number of nitrogens with one attached hydrogen (secondary N) is 2. The molecule has 0 spiro atoms. The van der Waals surface area contributed by atoms with E-state index in [1.165, 1.54) is 0 Å². The number of amides is 2. The standard InChI is InChI=1S/C12H16N2O5/c1-19-7-8-2-4-9(5-3-8)14-12(18)13-6-10(15)11(16)17/h2-5,10,15H,6-7H2,1H3,(H,16,17)(H2,13,14,18)/t10-/m0/s1. The summed E-state index contributed by atoms with van der Waals surface area (Å²) in [6, 6.07) is 6.40. The summed E-state index contributed by atoms with van der Waals surface area (Å²) >= 11 is 0. The highest BCUT2D eigenvalue weighted by atomic mass is 16.5. The Balaban J connectivity index is 2.41. The van der Waals surface area contributed by atoms with Crippen LogP contribution in [-0.4, -0.2) is 42.0 Å². The number of aliphatic hydroxyl groups is 1. The molecule has 104 valence electrons. The lowest BCUT2D eigenvalue weighted by atomic mass is 10.2. The Bertz CT molecular complexity index is 432. The summed E-state index contributed by atoms with van der Waals surface area (Å²) in [5.41, 5.74) is 1.52. The van der Waals surface area contributed by atoms with Gasteiger partial charge in [-0.1, -0.05) is 12.1 Å². The second-order valence-electron chi connectivity index (χ2n) is 3.82. The van der Waals surface area contributed by atoms with Crippen molar-refractivity contribution in [2.75, 3.05) is 19.0 Å². The van der Waals surface area contributed by atoms with Gasteiger partial charge in [0.25, 0.3) is 0 Å². The van der Waals surface area contributed by atoms with E-state index in [1.807, 2.05) is 0 Å². The molecule has 0 saturated heterocycles. The summed E-state index contributed by atoms with van der Waals surface area (Å²) in [4.78, 5) is 21.7. The summed E-state index contributed by atoms with van der Waals surface area (Å²) in [5.74, 6) is -1.38. The number of hydrogen-bond acceptors (Lipinski definition) is 4. The molecular formula is C12H16N2O5. The average Bonchev–Trinajstić information content (AvgIpc) is 2.38. The fourth-order valence-electron chi connectivity index (χ4n) is 1.30. The maximum Gasteiger partial charge on any atom is 0.334 e. The number of ether oxygens (including phenoxy) is 1. The van der Waals surface area contributed by atoms with E-state index in [2.05, 4.69) is 10.6 Å². The molecule has 1 rings (SSSR count). The molecule has 1 aromatic rings. The third-order valence-corrected chi connectivity index (χ3v) is 2.26. The Kier molecular flexibility index (Phi) is 5.77. The molecule has 7 nitrogen and oxygen atoms in total. The number of benzene rings is 1. The zero-order chi connectivity index (χ0) is 14.3. The molecular weight excluding hydrogens is 252 g/mol. The van der Waals surface area contributed by atoms with Crippen LogP contribution in [0.3, 0.4) is 0 Å². The predicted molar refractivity (Wildman–Crippen MR) is 67.8 cm³/mol. The zero-order valence-electron chi connectivity index (χ0n) is 10.4. The molecule has 0 fully saturated rings. The SMILES string of the molecule is COCc1ccc(NC(=O)NC[C@H](O)C(=O)O)cc1. The number of carbonyl (C=O) groups is 2. The molecule has 1 aromatic carbocycles. The normalized spacial score (nSPS) is 11.7. The number of carbonyl (C=O) groups excluding carboxylic acids is 1. The van der Waals surface area contributed by atoms with Crippen LogP contribution in [0.1, 0.15) is 5.56 Å². The molecule has 0 saturated carbocycles. The smallest absolute Gasteiger partial charge is 0.334 e. The van der Waals surface area contributed by atoms with Gasteiger partial charge in [0.05, 0.1) is 13.2 Å². The minimum atomic E-state index is -1.62. The van der Waals surface area contributed by atoms with Crippen molar-refractivity contribution in [2.24, 2.45) is 0 Å². The van der Waals surface area contributed by atoms with E-state index in [4.69, 9.17) is 14.9 Å². The predicted octanol–water partition coefficient (Wildman–Crippen LogP) is 0.400. The first kappa shape index (κ1) is 14.9. The Morgan fingerprint density at radius 3 is 2.47 bits per heavy atom. The number of anilines is 1. The first-order valence-corrected chi connectivity index (χ1v) is 5.56. The van der Waals surface area contributed by atoms with Crippen LogP contribution in [0.2, 0.25) is 0 Å². The third kappa shape index (κ3) is 5.36. The van der Waals surface area contributed by atoms with Crippen molar-refractivity contribution in [1.82, 2.24) is 5.32 Å². The Morgan fingerprint density at radius 2 is 1.95 bits per heavy atom. The molecule has 2 amide bonds. The Morgan fingerprint density at radius 1 is 1.32 bits per heavy atom. The van der Waals surface area contributed by atoms with Gasteiger partial charge in [0.2, 0.25) is 0 Å². The highest BCUT2D eigenvalue weighted by Crippen LogP contribution is 2.09. The molecule has 0 unspecified atom stereocenters. The van der Waals surface area contributed by atoms with Gasteiger partial charge in [-0.3, -0.25) is 0 Å². The lowest BCUT2D eigenvalue weighted by Crippen LogP contribution is -2.38. The number of carboxylic acid groups (broad SMARTS) is 1. The molecule has 0 aromatic heterocycles. The van der Waals surface area contributed by atoms with Crippen molar-refractivity contribution < 1.29 is 24.5 Å². The average molecular weight is 268 g/mol. The number of methoxy groups -OCH3 is 1. The van der Waals surface area contributed by atoms with Gasteiger partial charge < -0.3 is 25.6 Å². The van der Waals surface area contributed by atoms with Gasteiger partial charge in [0.1, 0.15) is 0 Å². The number of aliphatic carboxylic acids is 1. The van der Waals surface area contributed by atoms with Crippen LogP contribution >= 0.6 is 0 Å². The van der Waals surface area contributed by atoms with Crippen LogP contribution in [0, 0.1) is 0 Å². The number of carboxylic acids is 1. The van der Waals surface area contributed by atoms with E-state index in [0.717, 1.165) is 5.56 Å². The van der Waals surface area contributed by atoms with Crippen molar-refractivity contribution in [1.29, 1.82) is 0 Å². The van der Waals surface area contributed by atoms with Crippen LogP contribution in [0.5, 0.6) is 0 Å². The molecule has 4 N–H and O–H groups in total. The van der Waals surface area contributed by atoms with E-state index in [0.29, 0.717) is 12.3 Å². The molecule has 0 radical (unpaired) electrons. The van der Waals surface area contributed by atoms with Crippen molar-refractivity contribution in [2.45, 2.75) is 12.7 Å². The van der Waals surface area contributed by atoms with Gasteiger partial charge >= 0.3 is 12.0 Å². The van der Waals surface area contributed by atoms with Gasteiger partial charge in [-0.2, -0.15) is 0 Å². The molecule has 0 heterocycles. The van der Waals surface area contributed by atoms with Crippen molar-refractivity contribution in [3.8, 4) is 0 Å².